The summed E-state index contributed by atoms with van der Waals surface area (Å²) in [5.41, 5.74) is 12.6. The van der Waals surface area contributed by atoms with Gasteiger partial charge in [0.2, 0.25) is 0 Å². The van der Waals surface area contributed by atoms with Gasteiger partial charge in [0.15, 0.2) is 5.82 Å². The molecule has 0 spiro atoms. The summed E-state index contributed by atoms with van der Waals surface area (Å²) in [5, 5.41) is 12.6. The first-order valence-corrected chi connectivity index (χ1v) is 19.8. The molecule has 268 valence electrons. The first kappa shape index (κ1) is 34.0. The molecule has 0 fully saturated rings. The maximum absolute atomic E-state index is 10.3. The van der Waals surface area contributed by atoms with Gasteiger partial charge < -0.3 is 4.42 Å². The number of hydrogen-bond acceptors (Lipinski definition) is 5. The molecule has 1 aliphatic heterocycles. The molecule has 4 nitrogen and oxygen atoms in total. The zero-order valence-corrected chi connectivity index (χ0v) is 32.2. The second kappa shape index (κ2) is 13.1. The Morgan fingerprint density at radius 1 is 0.643 bits per heavy atom. The van der Waals surface area contributed by atoms with Crippen LogP contribution in [-0.2, 0) is 10.8 Å². The van der Waals surface area contributed by atoms with Gasteiger partial charge in [-0.15, -0.1) is 0 Å². The van der Waals surface area contributed by atoms with Crippen molar-refractivity contribution >= 4 is 39.3 Å². The van der Waals surface area contributed by atoms with Crippen LogP contribution >= 0.6 is 11.8 Å². The fourth-order valence-corrected chi connectivity index (χ4v) is 9.83. The highest BCUT2D eigenvalue weighted by atomic mass is 32.2. The zero-order chi connectivity index (χ0) is 38.0. The molecule has 56 heavy (non-hydrogen) atoms. The van der Waals surface area contributed by atoms with E-state index in [1.807, 2.05) is 36.4 Å². The Balaban J connectivity index is 1.00. The monoisotopic (exact) mass is 739 g/mol. The number of nitriles is 1. The average molecular weight is 740 g/mol. The van der Waals surface area contributed by atoms with E-state index in [-0.39, 0.29) is 10.8 Å². The quantitative estimate of drug-likeness (QED) is 0.176. The summed E-state index contributed by atoms with van der Waals surface area (Å²) in [4.78, 5) is 12.5. The fraction of sp³-hybridized carbons (Fsp3) is 0.118. The second-order valence-electron chi connectivity index (χ2n) is 15.5. The molecule has 0 radical (unpaired) electrons. The van der Waals surface area contributed by atoms with E-state index in [1.54, 1.807) is 11.8 Å². The molecule has 0 amide bonds. The lowest BCUT2D eigenvalue weighted by atomic mass is 9.75. The molecule has 0 N–H and O–H groups in total. The van der Waals surface area contributed by atoms with Crippen LogP contribution in [0.25, 0.3) is 61.3 Å². The molecule has 1 atom stereocenters. The topological polar surface area (TPSA) is 62.7 Å². The highest BCUT2D eigenvalue weighted by molar-refractivity contribution is 7.99. The average Bonchev–Trinajstić information content (AvgIpc) is 3.63. The number of furan rings is 1. The van der Waals surface area contributed by atoms with Crippen LogP contribution in [-0.4, -0.2) is 9.97 Å². The normalized spacial score (nSPS) is 16.9. The van der Waals surface area contributed by atoms with Crippen molar-refractivity contribution in [3.05, 3.63) is 186 Å². The number of rotatable bonds is 5. The lowest BCUT2D eigenvalue weighted by molar-refractivity contribution is 0.582. The molecule has 0 saturated heterocycles. The van der Waals surface area contributed by atoms with Crippen molar-refractivity contribution in [3.63, 3.8) is 0 Å². The van der Waals surface area contributed by atoms with Crippen LogP contribution in [0.2, 0.25) is 0 Å². The van der Waals surface area contributed by atoms with Gasteiger partial charge in [0, 0.05) is 48.1 Å². The van der Waals surface area contributed by atoms with Gasteiger partial charge in [-0.25, -0.2) is 9.97 Å². The lowest BCUT2D eigenvalue weighted by Gasteiger charge is -2.35. The molecule has 0 saturated carbocycles. The third kappa shape index (κ3) is 5.60. The standard InChI is InChI=1S/C51H37N3OS/c1-50(2)40-16-8-10-19-46(40)56-48-37(31-52)28-36(29-42(48)50)32-20-22-33(23-21-32)43-30-44(54-49(53-43)35-12-5-4-6-13-35)34-24-26-51(3,27-25-34)41-17-11-15-39-38-14-7-9-18-45(38)55-47(39)41/h4-26,28-30H,27H2,1-3H3. The summed E-state index contributed by atoms with van der Waals surface area (Å²) in [6.07, 6.45) is 7.61. The fourth-order valence-electron chi connectivity index (χ4n) is 8.39. The second-order valence-corrected chi connectivity index (χ2v) is 16.6. The van der Waals surface area contributed by atoms with E-state index in [0.717, 1.165) is 72.5 Å². The van der Waals surface area contributed by atoms with Gasteiger partial charge in [-0.05, 0) is 64.6 Å². The molecular formula is C51H37N3OS. The van der Waals surface area contributed by atoms with Crippen molar-refractivity contribution in [1.82, 2.24) is 9.97 Å². The summed E-state index contributed by atoms with van der Waals surface area (Å²) < 4.78 is 6.45. The Morgan fingerprint density at radius 3 is 2.16 bits per heavy atom. The minimum atomic E-state index is -0.246. The van der Waals surface area contributed by atoms with Crippen LogP contribution in [0.5, 0.6) is 0 Å². The minimum Gasteiger partial charge on any atom is -0.456 e. The maximum atomic E-state index is 10.3. The molecule has 6 aromatic carbocycles. The van der Waals surface area contributed by atoms with Crippen LogP contribution in [0.3, 0.4) is 0 Å². The summed E-state index contributed by atoms with van der Waals surface area (Å²) in [5.74, 6) is 0.685. The molecule has 2 aliphatic rings. The molecule has 10 rings (SSSR count). The predicted molar refractivity (Wildman–Crippen MR) is 229 cm³/mol. The van der Waals surface area contributed by atoms with Crippen LogP contribution in [0.15, 0.2) is 172 Å². The van der Waals surface area contributed by atoms with Crippen LogP contribution < -0.4 is 0 Å². The van der Waals surface area contributed by atoms with Crippen molar-refractivity contribution in [2.45, 2.75) is 47.8 Å². The number of fused-ring (bicyclic) bond motifs is 5. The lowest BCUT2D eigenvalue weighted by Crippen LogP contribution is -2.24. The van der Waals surface area contributed by atoms with E-state index in [0.29, 0.717) is 11.4 Å². The first-order chi connectivity index (χ1) is 27.3. The number of benzene rings is 6. The van der Waals surface area contributed by atoms with Gasteiger partial charge in [-0.1, -0.05) is 160 Å². The molecule has 1 unspecified atom stereocenters. The van der Waals surface area contributed by atoms with Gasteiger partial charge in [0.25, 0.3) is 0 Å². The molecular weight excluding hydrogens is 703 g/mol. The molecule has 8 aromatic rings. The number of nitrogens with zero attached hydrogens (tertiary/aromatic N) is 3. The Morgan fingerprint density at radius 2 is 1.36 bits per heavy atom. The van der Waals surface area contributed by atoms with Crippen LogP contribution in [0.1, 0.15) is 55.1 Å². The van der Waals surface area contributed by atoms with E-state index in [4.69, 9.17) is 14.4 Å². The van der Waals surface area contributed by atoms with Crippen LogP contribution in [0, 0.1) is 11.3 Å². The van der Waals surface area contributed by atoms with Gasteiger partial charge in [-0.3, -0.25) is 0 Å². The van der Waals surface area contributed by atoms with Crippen molar-refractivity contribution in [1.29, 1.82) is 5.26 Å². The zero-order valence-electron chi connectivity index (χ0n) is 31.4. The highest BCUT2D eigenvalue weighted by Crippen LogP contribution is 2.51. The Kier molecular flexibility index (Phi) is 7.95. The number of allylic oxidation sites excluding steroid dienone is 4. The SMILES string of the molecule is CC1(c2cccc3c2oc2ccccc23)C=CC(c2cc(-c3ccc(-c4cc(C#N)c5c(c4)C(C)(C)c4ccccc4S5)cc3)nc(-c3ccccc3)n2)=CC1. The van der Waals surface area contributed by atoms with Crippen molar-refractivity contribution < 1.29 is 4.42 Å². The Bertz CT molecular complexity index is 2970. The van der Waals surface area contributed by atoms with Crippen molar-refractivity contribution in [2.75, 3.05) is 0 Å². The molecule has 3 heterocycles. The van der Waals surface area contributed by atoms with Gasteiger partial charge >= 0.3 is 0 Å². The third-order valence-electron chi connectivity index (χ3n) is 11.6. The summed E-state index contributed by atoms with van der Waals surface area (Å²) in [6.45, 7) is 6.80. The summed E-state index contributed by atoms with van der Waals surface area (Å²) in [7, 11) is 0. The molecule has 1 aliphatic carbocycles. The van der Waals surface area contributed by atoms with Gasteiger partial charge in [0.1, 0.15) is 17.2 Å². The third-order valence-corrected chi connectivity index (χ3v) is 12.8. The predicted octanol–water partition coefficient (Wildman–Crippen LogP) is 13.3. The smallest absolute Gasteiger partial charge is 0.160 e. The van der Waals surface area contributed by atoms with Gasteiger partial charge in [-0.2, -0.15) is 5.26 Å². The van der Waals surface area contributed by atoms with Crippen molar-refractivity contribution in [3.8, 4) is 39.8 Å². The van der Waals surface area contributed by atoms with E-state index in [2.05, 4.69) is 148 Å². The van der Waals surface area contributed by atoms with Crippen LogP contribution in [0.4, 0.5) is 0 Å². The first-order valence-electron chi connectivity index (χ1n) is 19.0. The molecule has 0 bridgehead atoms. The minimum absolute atomic E-state index is 0.232. The molecule has 2 aromatic heterocycles. The maximum Gasteiger partial charge on any atom is 0.160 e. The Hall–Kier alpha value is -6.48. The summed E-state index contributed by atoms with van der Waals surface area (Å²) in [6, 6.07) is 50.9. The van der Waals surface area contributed by atoms with E-state index >= 15 is 0 Å². The number of para-hydroxylation sites is 2. The van der Waals surface area contributed by atoms with E-state index in [1.165, 1.54) is 21.6 Å². The van der Waals surface area contributed by atoms with Gasteiger partial charge in [0.05, 0.1) is 17.0 Å². The van der Waals surface area contributed by atoms with E-state index < -0.39 is 0 Å². The largest absolute Gasteiger partial charge is 0.456 e. The van der Waals surface area contributed by atoms with Crippen molar-refractivity contribution in [2.24, 2.45) is 0 Å². The number of aromatic nitrogens is 2. The highest BCUT2D eigenvalue weighted by Gasteiger charge is 2.35. The van der Waals surface area contributed by atoms with E-state index in [9.17, 15) is 5.26 Å². The Labute approximate surface area is 330 Å². The number of hydrogen-bond donors (Lipinski definition) is 0. The molecule has 5 heteroatoms. The summed E-state index contributed by atoms with van der Waals surface area (Å²) >= 11 is 1.70.